The molecule has 1 aromatic rings. The number of hydrogen-bond donors (Lipinski definition) is 1. The maximum Gasteiger partial charge on any atom is 0.487 e. The first-order valence-electron chi connectivity index (χ1n) is 6.86. The van der Waals surface area contributed by atoms with Crippen molar-refractivity contribution in [1.29, 1.82) is 0 Å². The summed E-state index contributed by atoms with van der Waals surface area (Å²) in [5.41, 5.74) is 0.982. The molecule has 0 unspecified atom stereocenters. The van der Waals surface area contributed by atoms with E-state index in [9.17, 15) is 4.79 Å². The molecule has 0 aliphatic carbocycles. The SMILES string of the molecule is Cc1cc(C(=O)O)ncc1/C=C/B1OC(C)(C)C(C)(C)O1. The zero-order valence-electron chi connectivity index (χ0n) is 13.0. The third kappa shape index (κ3) is 3.17. The molecule has 21 heavy (non-hydrogen) atoms. The normalized spacial score (nSPS) is 20.1. The van der Waals surface area contributed by atoms with Crippen LogP contribution in [0.4, 0.5) is 0 Å². The summed E-state index contributed by atoms with van der Waals surface area (Å²) in [5.74, 6) is 0.792. The Morgan fingerprint density at radius 2 is 1.86 bits per heavy atom. The van der Waals surface area contributed by atoms with E-state index in [-0.39, 0.29) is 16.9 Å². The van der Waals surface area contributed by atoms with Gasteiger partial charge in [0.05, 0.1) is 11.2 Å². The van der Waals surface area contributed by atoms with Gasteiger partial charge in [0.15, 0.2) is 0 Å². The van der Waals surface area contributed by atoms with Gasteiger partial charge in [-0.05, 0) is 51.8 Å². The van der Waals surface area contributed by atoms with E-state index < -0.39 is 13.1 Å². The van der Waals surface area contributed by atoms with E-state index >= 15 is 0 Å². The van der Waals surface area contributed by atoms with Crippen molar-refractivity contribution in [2.24, 2.45) is 0 Å². The first-order chi connectivity index (χ1) is 9.62. The summed E-state index contributed by atoms with van der Waals surface area (Å²) in [5, 5.41) is 8.90. The van der Waals surface area contributed by atoms with Gasteiger partial charge in [-0.15, -0.1) is 0 Å². The van der Waals surface area contributed by atoms with Crippen LogP contribution >= 0.6 is 0 Å². The van der Waals surface area contributed by atoms with Crippen molar-refractivity contribution in [3.05, 3.63) is 35.1 Å². The van der Waals surface area contributed by atoms with E-state index in [2.05, 4.69) is 4.98 Å². The zero-order valence-corrected chi connectivity index (χ0v) is 13.0. The number of carboxylic acid groups (broad SMARTS) is 1. The third-order valence-electron chi connectivity index (χ3n) is 4.07. The summed E-state index contributed by atoms with van der Waals surface area (Å²) < 4.78 is 11.7. The minimum Gasteiger partial charge on any atom is -0.477 e. The summed E-state index contributed by atoms with van der Waals surface area (Å²) in [6, 6.07) is 1.55. The first-order valence-corrected chi connectivity index (χ1v) is 6.86. The van der Waals surface area contributed by atoms with Crippen LogP contribution in [0.3, 0.4) is 0 Å². The van der Waals surface area contributed by atoms with Crippen LogP contribution in [0.1, 0.15) is 49.3 Å². The average molecular weight is 289 g/mol. The number of pyridine rings is 1. The average Bonchev–Trinajstić information content (AvgIpc) is 2.56. The van der Waals surface area contributed by atoms with Crippen molar-refractivity contribution < 1.29 is 19.2 Å². The lowest BCUT2D eigenvalue weighted by atomic mass is 9.89. The summed E-state index contributed by atoms with van der Waals surface area (Å²) >= 11 is 0. The fourth-order valence-corrected chi connectivity index (χ4v) is 2.01. The van der Waals surface area contributed by atoms with Gasteiger partial charge in [-0.3, -0.25) is 0 Å². The highest BCUT2D eigenvalue weighted by Crippen LogP contribution is 2.37. The summed E-state index contributed by atoms with van der Waals surface area (Å²) in [6.07, 6.45) is 3.39. The molecule has 0 atom stereocenters. The van der Waals surface area contributed by atoms with Crippen molar-refractivity contribution in [1.82, 2.24) is 4.98 Å². The lowest BCUT2D eigenvalue weighted by Gasteiger charge is -2.32. The minimum absolute atomic E-state index is 0.0419. The zero-order chi connectivity index (χ0) is 15.8. The Morgan fingerprint density at radius 1 is 1.29 bits per heavy atom. The second-order valence-corrected chi connectivity index (χ2v) is 6.22. The highest BCUT2D eigenvalue weighted by atomic mass is 16.7. The van der Waals surface area contributed by atoms with E-state index in [1.54, 1.807) is 12.3 Å². The molecule has 0 amide bonds. The van der Waals surface area contributed by atoms with Gasteiger partial charge in [-0.1, -0.05) is 12.1 Å². The largest absolute Gasteiger partial charge is 0.487 e. The number of aryl methyl sites for hydroxylation is 1. The van der Waals surface area contributed by atoms with Gasteiger partial charge in [0.1, 0.15) is 5.69 Å². The molecule has 0 spiro atoms. The Kier molecular flexibility index (Phi) is 3.95. The summed E-state index contributed by atoms with van der Waals surface area (Å²) in [7, 11) is -0.423. The lowest BCUT2D eigenvalue weighted by molar-refractivity contribution is 0.00578. The fraction of sp³-hybridized carbons (Fsp3) is 0.467. The first kappa shape index (κ1) is 15.7. The van der Waals surface area contributed by atoms with Gasteiger partial charge in [-0.25, -0.2) is 9.78 Å². The number of carboxylic acids is 1. The second-order valence-electron chi connectivity index (χ2n) is 6.22. The molecule has 0 aromatic carbocycles. The van der Waals surface area contributed by atoms with Crippen molar-refractivity contribution in [2.75, 3.05) is 0 Å². The summed E-state index contributed by atoms with van der Waals surface area (Å²) in [4.78, 5) is 14.8. The number of carbonyl (C=O) groups is 1. The van der Waals surface area contributed by atoms with Crippen molar-refractivity contribution in [3.8, 4) is 0 Å². The van der Waals surface area contributed by atoms with Crippen molar-refractivity contribution in [2.45, 2.75) is 45.8 Å². The van der Waals surface area contributed by atoms with Gasteiger partial charge in [-0.2, -0.15) is 0 Å². The highest BCUT2D eigenvalue weighted by molar-refractivity contribution is 6.52. The Bertz CT molecular complexity index is 579. The minimum atomic E-state index is -1.03. The van der Waals surface area contributed by atoms with E-state index in [0.717, 1.165) is 11.1 Å². The molecule has 6 heteroatoms. The van der Waals surface area contributed by atoms with Crippen LogP contribution in [-0.4, -0.2) is 34.4 Å². The van der Waals surface area contributed by atoms with Gasteiger partial charge in [0, 0.05) is 6.20 Å². The number of aromatic carboxylic acids is 1. The topological polar surface area (TPSA) is 68.7 Å². The Balaban J connectivity index is 2.14. The monoisotopic (exact) mass is 289 g/mol. The van der Waals surface area contributed by atoms with E-state index in [1.165, 1.54) is 0 Å². The van der Waals surface area contributed by atoms with Crippen LogP contribution in [0.2, 0.25) is 0 Å². The van der Waals surface area contributed by atoms with Crippen LogP contribution in [0.25, 0.3) is 6.08 Å². The molecular weight excluding hydrogens is 269 g/mol. The molecule has 1 fully saturated rings. The molecule has 2 heterocycles. The van der Waals surface area contributed by atoms with E-state index in [4.69, 9.17) is 14.4 Å². The molecule has 1 aliphatic rings. The molecular formula is C15H20BNO4. The van der Waals surface area contributed by atoms with Gasteiger partial charge >= 0.3 is 13.1 Å². The van der Waals surface area contributed by atoms with E-state index in [1.807, 2.05) is 46.7 Å². The Morgan fingerprint density at radius 3 is 2.33 bits per heavy atom. The van der Waals surface area contributed by atoms with Crippen LogP contribution in [0.15, 0.2) is 18.2 Å². The van der Waals surface area contributed by atoms with Gasteiger partial charge in [0.2, 0.25) is 0 Å². The smallest absolute Gasteiger partial charge is 0.477 e. The predicted molar refractivity (Wildman–Crippen MR) is 81.0 cm³/mol. The highest BCUT2D eigenvalue weighted by Gasteiger charge is 2.49. The molecule has 0 radical (unpaired) electrons. The second kappa shape index (κ2) is 5.28. The van der Waals surface area contributed by atoms with Crippen LogP contribution < -0.4 is 0 Å². The Labute approximate surface area is 125 Å². The van der Waals surface area contributed by atoms with E-state index in [0.29, 0.717) is 0 Å². The van der Waals surface area contributed by atoms with Crippen LogP contribution in [0.5, 0.6) is 0 Å². The molecule has 5 nitrogen and oxygen atoms in total. The molecule has 2 rings (SSSR count). The summed E-state index contributed by atoms with van der Waals surface area (Å²) in [6.45, 7) is 9.83. The molecule has 1 aromatic heterocycles. The fourth-order valence-electron chi connectivity index (χ4n) is 2.01. The van der Waals surface area contributed by atoms with Crippen molar-refractivity contribution >= 4 is 19.2 Å². The Hall–Kier alpha value is -1.66. The third-order valence-corrected chi connectivity index (χ3v) is 4.07. The molecule has 1 N–H and O–H groups in total. The van der Waals surface area contributed by atoms with Crippen LogP contribution in [0, 0.1) is 6.92 Å². The van der Waals surface area contributed by atoms with Crippen molar-refractivity contribution in [3.63, 3.8) is 0 Å². The quantitative estimate of drug-likeness (QED) is 0.866. The number of nitrogens with zero attached hydrogens (tertiary/aromatic N) is 1. The number of rotatable bonds is 3. The number of aromatic nitrogens is 1. The predicted octanol–water partition coefficient (Wildman–Crippen LogP) is 2.73. The molecule has 1 aliphatic heterocycles. The number of hydrogen-bond acceptors (Lipinski definition) is 4. The van der Waals surface area contributed by atoms with Gasteiger partial charge < -0.3 is 14.4 Å². The lowest BCUT2D eigenvalue weighted by Crippen LogP contribution is -2.41. The maximum atomic E-state index is 10.9. The van der Waals surface area contributed by atoms with Crippen LogP contribution in [-0.2, 0) is 9.31 Å². The standard InChI is InChI=1S/C15H20BNO4/c1-10-8-12(13(18)19)17-9-11(10)6-7-16-20-14(2,3)15(4,5)21-16/h6-9H,1-5H3,(H,18,19)/b7-6+. The van der Waals surface area contributed by atoms with Gasteiger partial charge in [0.25, 0.3) is 0 Å². The maximum absolute atomic E-state index is 10.9. The molecule has 1 saturated heterocycles. The molecule has 0 bridgehead atoms. The molecule has 112 valence electrons. The molecule has 0 saturated carbocycles.